The summed E-state index contributed by atoms with van der Waals surface area (Å²) in [5.74, 6) is -3.57. The third-order valence-electron chi connectivity index (χ3n) is 4.54. The number of nitrogens with zero attached hydrogens (tertiary/aromatic N) is 1. The Bertz CT molecular complexity index is 920. The van der Waals surface area contributed by atoms with Crippen LogP contribution in [0.5, 0.6) is 0 Å². The number of hydrogen-bond acceptors (Lipinski definition) is 5. The normalized spacial score (nSPS) is 15.9. The number of sulfone groups is 1. The summed E-state index contributed by atoms with van der Waals surface area (Å²) in [5.41, 5.74) is 0.288. The number of thiophene rings is 1. The highest BCUT2D eigenvalue weighted by Crippen LogP contribution is 2.31. The first-order valence-corrected chi connectivity index (χ1v) is 10.9. The number of hydrogen-bond donors (Lipinski definition) is 1. The van der Waals surface area contributed by atoms with Crippen molar-refractivity contribution in [2.75, 3.05) is 18.0 Å². The van der Waals surface area contributed by atoms with Crippen LogP contribution < -0.4 is 10.2 Å². The zero-order valence-electron chi connectivity index (χ0n) is 14.7. The van der Waals surface area contributed by atoms with Crippen LogP contribution >= 0.6 is 11.3 Å². The van der Waals surface area contributed by atoms with Crippen molar-refractivity contribution in [3.05, 3.63) is 46.2 Å². The Balaban J connectivity index is 1.67. The van der Waals surface area contributed by atoms with Crippen molar-refractivity contribution in [1.82, 2.24) is 5.32 Å². The first kappa shape index (κ1) is 19.8. The third kappa shape index (κ3) is 4.30. The summed E-state index contributed by atoms with van der Waals surface area (Å²) in [6, 6.07) is 9.47. The van der Waals surface area contributed by atoms with E-state index < -0.39 is 15.6 Å². The zero-order chi connectivity index (χ0) is 19.6. The van der Waals surface area contributed by atoms with E-state index in [1.807, 2.05) is 13.0 Å². The number of anilines is 1. The first-order chi connectivity index (χ1) is 12.8. The number of benzene rings is 1. The largest absolute Gasteiger partial charge is 0.370 e. The van der Waals surface area contributed by atoms with Crippen LogP contribution in [0.2, 0.25) is 0 Å². The second-order valence-corrected chi connectivity index (χ2v) is 9.59. The minimum Gasteiger partial charge on any atom is -0.370 e. The highest BCUT2D eigenvalue weighted by atomic mass is 32.2. The topological polar surface area (TPSA) is 66.5 Å². The van der Waals surface area contributed by atoms with Gasteiger partial charge in [0.15, 0.2) is 0 Å². The van der Waals surface area contributed by atoms with E-state index in [1.54, 1.807) is 23.1 Å². The van der Waals surface area contributed by atoms with Crippen LogP contribution in [-0.4, -0.2) is 39.2 Å². The van der Waals surface area contributed by atoms with E-state index in [4.69, 9.17) is 0 Å². The number of halogens is 2. The van der Waals surface area contributed by atoms with Crippen LogP contribution in [0.4, 0.5) is 14.5 Å². The number of carbonyl (C=O) groups excluding carboxylic acids is 1. The lowest BCUT2D eigenvalue weighted by molar-refractivity contribution is 0.0935. The molecule has 27 heavy (non-hydrogen) atoms. The van der Waals surface area contributed by atoms with Crippen molar-refractivity contribution in [3.63, 3.8) is 0 Å². The molecular weight excluding hydrogens is 394 g/mol. The van der Waals surface area contributed by atoms with Gasteiger partial charge in [-0.3, -0.25) is 4.79 Å². The van der Waals surface area contributed by atoms with E-state index in [-0.39, 0.29) is 22.5 Å². The van der Waals surface area contributed by atoms with Crippen LogP contribution in [0.3, 0.4) is 0 Å². The second kappa shape index (κ2) is 7.93. The van der Waals surface area contributed by atoms with Crippen molar-refractivity contribution in [2.24, 2.45) is 0 Å². The molecule has 1 N–H and O–H groups in total. The molecule has 1 saturated heterocycles. The zero-order valence-corrected chi connectivity index (χ0v) is 16.3. The van der Waals surface area contributed by atoms with Gasteiger partial charge in [0.25, 0.3) is 5.91 Å². The molecule has 1 aliphatic rings. The fourth-order valence-electron chi connectivity index (χ4n) is 3.13. The van der Waals surface area contributed by atoms with E-state index in [2.05, 4.69) is 5.32 Å². The Labute approximate surface area is 160 Å². The average Bonchev–Trinajstić information content (AvgIpc) is 3.09. The Morgan fingerprint density at radius 1 is 1.19 bits per heavy atom. The predicted molar refractivity (Wildman–Crippen MR) is 101 cm³/mol. The summed E-state index contributed by atoms with van der Waals surface area (Å²) in [4.78, 5) is 15.4. The lowest BCUT2D eigenvalue weighted by Crippen LogP contribution is -2.45. The quantitative estimate of drug-likeness (QED) is 0.814. The third-order valence-corrected chi connectivity index (χ3v) is 6.97. The molecule has 2 heterocycles. The Morgan fingerprint density at radius 2 is 1.85 bits per heavy atom. The molecular formula is C18H20F2N2O3S2. The first-order valence-electron chi connectivity index (χ1n) is 8.52. The lowest BCUT2D eigenvalue weighted by Gasteiger charge is -2.34. The standard InChI is InChI=1S/C18H20F2N2O3S2/c1-12-6-7-15(26-12)17(23)21-13-8-10-22(11-9-13)14-4-2-3-5-16(14)27(24,25)18(19)20/h2-7,13,18H,8-11H2,1H3,(H,21,23). The number of rotatable bonds is 5. The van der Waals surface area contributed by atoms with E-state index in [9.17, 15) is 22.0 Å². The number of aryl methyl sites for hydroxylation is 1. The molecule has 0 saturated carbocycles. The molecule has 1 aromatic heterocycles. The Hall–Kier alpha value is -2.00. The van der Waals surface area contributed by atoms with Crippen molar-refractivity contribution in [2.45, 2.75) is 36.5 Å². The van der Waals surface area contributed by atoms with Crippen LogP contribution in [-0.2, 0) is 9.84 Å². The smallest absolute Gasteiger partial charge is 0.341 e. The maximum atomic E-state index is 13.0. The van der Waals surface area contributed by atoms with Gasteiger partial charge in [-0.05, 0) is 44.0 Å². The highest BCUT2D eigenvalue weighted by Gasteiger charge is 2.31. The van der Waals surface area contributed by atoms with E-state index in [1.165, 1.54) is 23.5 Å². The molecule has 1 aliphatic heterocycles. The second-order valence-electron chi connectivity index (χ2n) is 6.42. The molecule has 0 aliphatic carbocycles. The van der Waals surface area contributed by atoms with Crippen molar-refractivity contribution < 1.29 is 22.0 Å². The van der Waals surface area contributed by atoms with Gasteiger partial charge in [0, 0.05) is 24.0 Å². The van der Waals surface area contributed by atoms with Gasteiger partial charge < -0.3 is 10.2 Å². The van der Waals surface area contributed by atoms with E-state index >= 15 is 0 Å². The maximum Gasteiger partial charge on any atom is 0.341 e. The van der Waals surface area contributed by atoms with Gasteiger partial charge in [-0.25, -0.2) is 8.42 Å². The molecule has 1 amide bonds. The number of carbonyl (C=O) groups is 1. The van der Waals surface area contributed by atoms with Crippen molar-refractivity contribution in [3.8, 4) is 0 Å². The van der Waals surface area contributed by atoms with Gasteiger partial charge in [0.05, 0.1) is 15.5 Å². The van der Waals surface area contributed by atoms with Crippen LogP contribution in [0, 0.1) is 6.92 Å². The molecule has 9 heteroatoms. The number of piperidine rings is 1. The monoisotopic (exact) mass is 414 g/mol. The average molecular weight is 414 g/mol. The summed E-state index contributed by atoms with van der Waals surface area (Å²) in [6.07, 6.45) is 1.22. The molecule has 1 fully saturated rings. The molecule has 5 nitrogen and oxygen atoms in total. The van der Waals surface area contributed by atoms with E-state index in [0.717, 1.165) is 4.88 Å². The molecule has 146 valence electrons. The molecule has 1 aromatic carbocycles. The molecule has 0 radical (unpaired) electrons. The van der Waals surface area contributed by atoms with E-state index in [0.29, 0.717) is 30.8 Å². The number of para-hydroxylation sites is 1. The summed E-state index contributed by atoms with van der Waals surface area (Å²) < 4.78 is 49.8. The highest BCUT2D eigenvalue weighted by molar-refractivity contribution is 7.91. The predicted octanol–water partition coefficient (Wildman–Crippen LogP) is 3.45. The maximum absolute atomic E-state index is 13.0. The molecule has 2 aromatic rings. The fourth-order valence-corrected chi connectivity index (χ4v) is 4.85. The van der Waals surface area contributed by atoms with Gasteiger partial charge in [0.1, 0.15) is 0 Å². The van der Waals surface area contributed by atoms with Crippen molar-refractivity contribution >= 4 is 32.8 Å². The van der Waals surface area contributed by atoms with Gasteiger partial charge >= 0.3 is 5.76 Å². The van der Waals surface area contributed by atoms with Crippen LogP contribution in [0.15, 0.2) is 41.3 Å². The number of alkyl halides is 2. The summed E-state index contributed by atoms with van der Waals surface area (Å²) in [6.45, 7) is 2.89. The summed E-state index contributed by atoms with van der Waals surface area (Å²) in [7, 11) is -4.67. The minimum atomic E-state index is -4.67. The number of nitrogens with one attached hydrogen (secondary N) is 1. The fraction of sp³-hybridized carbons (Fsp3) is 0.389. The van der Waals surface area contributed by atoms with Crippen LogP contribution in [0.25, 0.3) is 0 Å². The van der Waals surface area contributed by atoms with Crippen LogP contribution in [0.1, 0.15) is 27.4 Å². The Kier molecular flexibility index (Phi) is 5.81. The molecule has 0 bridgehead atoms. The summed E-state index contributed by atoms with van der Waals surface area (Å²) >= 11 is 1.43. The number of amides is 1. The van der Waals surface area contributed by atoms with Gasteiger partial charge in [-0.1, -0.05) is 12.1 Å². The molecule has 3 rings (SSSR count). The van der Waals surface area contributed by atoms with Gasteiger partial charge in [-0.2, -0.15) is 8.78 Å². The molecule has 0 atom stereocenters. The summed E-state index contributed by atoms with van der Waals surface area (Å²) in [5, 5.41) is 2.99. The minimum absolute atomic E-state index is 0.0324. The Morgan fingerprint density at radius 3 is 2.44 bits per heavy atom. The van der Waals surface area contributed by atoms with Gasteiger partial charge in [-0.15, -0.1) is 11.3 Å². The van der Waals surface area contributed by atoms with Crippen molar-refractivity contribution in [1.29, 1.82) is 0 Å². The molecule has 0 unspecified atom stereocenters. The molecule has 0 spiro atoms. The lowest BCUT2D eigenvalue weighted by atomic mass is 10.0. The van der Waals surface area contributed by atoms with Gasteiger partial charge in [0.2, 0.25) is 9.84 Å². The SMILES string of the molecule is Cc1ccc(C(=O)NC2CCN(c3ccccc3S(=O)(=O)C(F)F)CC2)s1.